The molecule has 0 aromatic rings. The van der Waals surface area contributed by atoms with E-state index in [0.29, 0.717) is 17.9 Å². The molecule has 0 bridgehead atoms. The molecule has 0 aromatic heterocycles. The van der Waals surface area contributed by atoms with Crippen LogP contribution in [0, 0.1) is 11.8 Å². The third-order valence-electron chi connectivity index (χ3n) is 2.01. The minimum absolute atomic E-state index is 0.389. The van der Waals surface area contributed by atoms with E-state index in [-0.39, 0.29) is 0 Å². The normalized spacial score (nSPS) is 16.5. The lowest BCUT2D eigenvalue weighted by Crippen LogP contribution is -2.36. The van der Waals surface area contributed by atoms with Crippen molar-refractivity contribution in [2.75, 3.05) is 5.75 Å². The summed E-state index contributed by atoms with van der Waals surface area (Å²) in [5.74, 6) is 1.81. The standard InChI is InChI=1S/C10H23NOS/c1-6-10(9(4)5)11-13(12)7-8(2)3/h8-11H,6-7H2,1-5H3/t10-,13?/m1/s1. The van der Waals surface area contributed by atoms with E-state index in [0.717, 1.165) is 12.2 Å². The van der Waals surface area contributed by atoms with Crippen LogP contribution < -0.4 is 4.72 Å². The van der Waals surface area contributed by atoms with Gasteiger partial charge in [-0.1, -0.05) is 34.6 Å². The zero-order valence-corrected chi connectivity index (χ0v) is 10.3. The predicted molar refractivity (Wildman–Crippen MR) is 59.9 cm³/mol. The molecule has 0 radical (unpaired) electrons. The summed E-state index contributed by atoms with van der Waals surface area (Å²) in [6.07, 6.45) is 1.04. The Morgan fingerprint density at radius 2 is 1.77 bits per heavy atom. The van der Waals surface area contributed by atoms with Gasteiger partial charge in [0.1, 0.15) is 0 Å². The fourth-order valence-electron chi connectivity index (χ4n) is 1.21. The highest BCUT2D eigenvalue weighted by atomic mass is 32.2. The topological polar surface area (TPSA) is 29.1 Å². The Labute approximate surface area is 85.1 Å². The van der Waals surface area contributed by atoms with Gasteiger partial charge in [-0.05, 0) is 18.3 Å². The van der Waals surface area contributed by atoms with Crippen LogP contribution in [-0.4, -0.2) is 16.0 Å². The maximum Gasteiger partial charge on any atom is 0.0920 e. The van der Waals surface area contributed by atoms with Gasteiger partial charge in [0.2, 0.25) is 0 Å². The predicted octanol–water partition coefficient (Wildman–Crippen LogP) is 2.33. The Hall–Kier alpha value is 0.110. The summed E-state index contributed by atoms with van der Waals surface area (Å²) in [7, 11) is -0.851. The Bertz CT molecular complexity index is 157. The molecule has 0 saturated heterocycles. The molecule has 0 aliphatic rings. The highest BCUT2D eigenvalue weighted by Crippen LogP contribution is 2.06. The second kappa shape index (κ2) is 6.55. The van der Waals surface area contributed by atoms with Crippen molar-refractivity contribution in [2.45, 2.75) is 47.1 Å². The van der Waals surface area contributed by atoms with E-state index in [1.165, 1.54) is 0 Å². The van der Waals surface area contributed by atoms with Crippen LogP contribution in [0.25, 0.3) is 0 Å². The maximum atomic E-state index is 11.5. The molecule has 3 heteroatoms. The van der Waals surface area contributed by atoms with Gasteiger partial charge < -0.3 is 0 Å². The van der Waals surface area contributed by atoms with Crippen LogP contribution in [0.3, 0.4) is 0 Å². The molecule has 0 amide bonds. The van der Waals surface area contributed by atoms with Crippen LogP contribution in [-0.2, 0) is 11.0 Å². The third-order valence-corrected chi connectivity index (χ3v) is 3.55. The Kier molecular flexibility index (Phi) is 6.60. The molecule has 0 rings (SSSR count). The van der Waals surface area contributed by atoms with Crippen molar-refractivity contribution in [3.63, 3.8) is 0 Å². The lowest BCUT2D eigenvalue weighted by atomic mass is 10.0. The summed E-state index contributed by atoms with van der Waals surface area (Å²) in [5.41, 5.74) is 0. The molecule has 0 aliphatic heterocycles. The van der Waals surface area contributed by atoms with Crippen molar-refractivity contribution in [3.05, 3.63) is 0 Å². The molecule has 80 valence electrons. The van der Waals surface area contributed by atoms with Crippen LogP contribution in [0.4, 0.5) is 0 Å². The van der Waals surface area contributed by atoms with E-state index in [9.17, 15) is 4.21 Å². The van der Waals surface area contributed by atoms with Gasteiger partial charge in [-0.2, -0.15) is 0 Å². The van der Waals surface area contributed by atoms with Crippen molar-refractivity contribution < 1.29 is 4.21 Å². The zero-order valence-electron chi connectivity index (χ0n) is 9.46. The van der Waals surface area contributed by atoms with E-state index in [1.807, 2.05) is 0 Å². The molecule has 0 aliphatic carbocycles. The molecule has 1 N–H and O–H groups in total. The van der Waals surface area contributed by atoms with Gasteiger partial charge in [-0.3, -0.25) is 0 Å². The molecule has 2 atom stereocenters. The molecule has 0 heterocycles. The third kappa shape index (κ3) is 6.22. The second-order valence-corrected chi connectivity index (χ2v) is 5.54. The number of hydrogen-bond donors (Lipinski definition) is 1. The van der Waals surface area contributed by atoms with Crippen LogP contribution >= 0.6 is 0 Å². The van der Waals surface area contributed by atoms with E-state index < -0.39 is 11.0 Å². The quantitative estimate of drug-likeness (QED) is 0.708. The summed E-state index contributed by atoms with van der Waals surface area (Å²) in [6, 6.07) is 0.389. The number of hydrogen-bond acceptors (Lipinski definition) is 1. The van der Waals surface area contributed by atoms with Gasteiger partial charge in [0.25, 0.3) is 0 Å². The Balaban J connectivity index is 3.87. The summed E-state index contributed by atoms with van der Waals surface area (Å²) < 4.78 is 14.7. The van der Waals surface area contributed by atoms with Crippen molar-refractivity contribution in [2.24, 2.45) is 11.8 Å². The minimum Gasteiger partial charge on any atom is -0.243 e. The molecule has 1 unspecified atom stereocenters. The largest absolute Gasteiger partial charge is 0.243 e. The van der Waals surface area contributed by atoms with Gasteiger partial charge in [-0.25, -0.2) is 8.93 Å². The lowest BCUT2D eigenvalue weighted by molar-refractivity contribution is 0.448. The first-order valence-corrected chi connectivity index (χ1v) is 6.43. The lowest BCUT2D eigenvalue weighted by Gasteiger charge is -2.20. The summed E-state index contributed by atoms with van der Waals surface area (Å²) in [6.45, 7) is 10.6. The fraction of sp³-hybridized carbons (Fsp3) is 1.00. The number of nitrogens with one attached hydrogen (secondary N) is 1. The molecule has 0 spiro atoms. The first-order chi connectivity index (χ1) is 5.97. The minimum atomic E-state index is -0.851. The van der Waals surface area contributed by atoms with Gasteiger partial charge in [0, 0.05) is 11.8 Å². The highest BCUT2D eigenvalue weighted by molar-refractivity contribution is 7.83. The first-order valence-electron chi connectivity index (χ1n) is 5.11. The highest BCUT2D eigenvalue weighted by Gasteiger charge is 2.13. The molecule has 0 saturated carbocycles. The van der Waals surface area contributed by atoms with Crippen LogP contribution in [0.5, 0.6) is 0 Å². The van der Waals surface area contributed by atoms with E-state index in [2.05, 4.69) is 39.3 Å². The second-order valence-electron chi connectivity index (χ2n) is 4.28. The molecule has 2 nitrogen and oxygen atoms in total. The van der Waals surface area contributed by atoms with Gasteiger partial charge >= 0.3 is 0 Å². The van der Waals surface area contributed by atoms with Crippen LogP contribution in [0.15, 0.2) is 0 Å². The van der Waals surface area contributed by atoms with Crippen molar-refractivity contribution >= 4 is 11.0 Å². The molecule has 13 heavy (non-hydrogen) atoms. The average Bonchev–Trinajstić information content (AvgIpc) is 1.98. The van der Waals surface area contributed by atoms with E-state index >= 15 is 0 Å². The monoisotopic (exact) mass is 205 g/mol. The molecule has 0 aromatic carbocycles. The van der Waals surface area contributed by atoms with Crippen molar-refractivity contribution in [1.82, 2.24) is 4.72 Å². The van der Waals surface area contributed by atoms with Crippen LogP contribution in [0.1, 0.15) is 41.0 Å². The van der Waals surface area contributed by atoms with Gasteiger partial charge in [0.15, 0.2) is 0 Å². The van der Waals surface area contributed by atoms with Crippen molar-refractivity contribution in [3.8, 4) is 0 Å². The van der Waals surface area contributed by atoms with Crippen molar-refractivity contribution in [1.29, 1.82) is 0 Å². The first kappa shape index (κ1) is 13.1. The number of rotatable bonds is 6. The molecular weight excluding hydrogens is 182 g/mol. The van der Waals surface area contributed by atoms with Gasteiger partial charge in [-0.15, -0.1) is 0 Å². The fourth-order valence-corrected chi connectivity index (χ4v) is 2.69. The summed E-state index contributed by atoms with van der Waals surface area (Å²) in [4.78, 5) is 0. The molecule has 0 fully saturated rings. The van der Waals surface area contributed by atoms with E-state index in [4.69, 9.17) is 0 Å². The smallest absolute Gasteiger partial charge is 0.0920 e. The maximum absolute atomic E-state index is 11.5. The van der Waals surface area contributed by atoms with E-state index in [1.54, 1.807) is 0 Å². The Morgan fingerprint density at radius 1 is 1.23 bits per heavy atom. The molecular formula is C10H23NOS. The Morgan fingerprint density at radius 3 is 2.08 bits per heavy atom. The average molecular weight is 205 g/mol. The van der Waals surface area contributed by atoms with Crippen LogP contribution in [0.2, 0.25) is 0 Å². The van der Waals surface area contributed by atoms with Gasteiger partial charge in [0.05, 0.1) is 11.0 Å². The summed E-state index contributed by atoms with van der Waals surface area (Å²) in [5, 5.41) is 0. The zero-order chi connectivity index (χ0) is 10.4. The SMILES string of the molecule is CC[C@@H](NS(=O)CC(C)C)C(C)C. The summed E-state index contributed by atoms with van der Waals surface area (Å²) >= 11 is 0.